The van der Waals surface area contributed by atoms with Crippen LogP contribution in [0.5, 0.6) is 0 Å². The van der Waals surface area contributed by atoms with Crippen LogP contribution in [0.25, 0.3) is 0 Å². The number of hydrogen-bond acceptors (Lipinski definition) is 1. The van der Waals surface area contributed by atoms with Gasteiger partial charge in [0, 0.05) is 29.9 Å². The smallest absolute Gasteiger partial charge is 0.372 e. The molecule has 0 radical (unpaired) electrons. The van der Waals surface area contributed by atoms with Crippen LogP contribution in [-0.4, -0.2) is 13.1 Å². The Morgan fingerprint density at radius 1 is 0.645 bits per heavy atom. The fraction of sp³-hybridized carbons (Fsp3) is 0.481. The zero-order valence-electron chi connectivity index (χ0n) is 18.8. The third-order valence-electron chi connectivity index (χ3n) is 5.36. The quantitative estimate of drug-likeness (QED) is 0.258. The first-order valence-electron chi connectivity index (χ1n) is 11.5. The lowest BCUT2D eigenvalue weighted by atomic mass is 10.1. The summed E-state index contributed by atoms with van der Waals surface area (Å²) in [5.41, 5.74) is 2.00. The molecule has 2 aromatic carbocycles. The van der Waals surface area contributed by atoms with Crippen LogP contribution in [0.15, 0.2) is 48.5 Å². The fourth-order valence-electron chi connectivity index (χ4n) is 3.47. The van der Waals surface area contributed by atoms with Gasteiger partial charge in [0.25, 0.3) is 0 Å². The minimum Gasteiger partial charge on any atom is -0.372 e. The van der Waals surface area contributed by atoms with E-state index in [2.05, 4.69) is 42.7 Å². The van der Waals surface area contributed by atoms with Crippen LogP contribution in [0.3, 0.4) is 0 Å². The molecule has 31 heavy (non-hydrogen) atoms. The largest absolute Gasteiger partial charge is 0.416 e. The van der Waals surface area contributed by atoms with Crippen molar-refractivity contribution in [2.75, 3.05) is 18.0 Å². The maximum absolute atomic E-state index is 12.7. The molecule has 0 N–H and O–H groups in total. The number of nitrogens with zero attached hydrogens (tertiary/aromatic N) is 1. The van der Waals surface area contributed by atoms with Crippen LogP contribution in [0.2, 0.25) is 0 Å². The van der Waals surface area contributed by atoms with Gasteiger partial charge in [-0.3, -0.25) is 0 Å². The van der Waals surface area contributed by atoms with Crippen molar-refractivity contribution in [3.05, 3.63) is 65.2 Å². The molecule has 0 fully saturated rings. The first-order chi connectivity index (χ1) is 14.9. The summed E-state index contributed by atoms with van der Waals surface area (Å²) >= 11 is 0. The van der Waals surface area contributed by atoms with Gasteiger partial charge in [-0.15, -0.1) is 0 Å². The Morgan fingerprint density at radius 3 is 1.52 bits per heavy atom. The molecular formula is C27H34F3N. The topological polar surface area (TPSA) is 3.24 Å². The van der Waals surface area contributed by atoms with E-state index >= 15 is 0 Å². The zero-order valence-corrected chi connectivity index (χ0v) is 18.8. The van der Waals surface area contributed by atoms with Gasteiger partial charge in [0.2, 0.25) is 0 Å². The average molecular weight is 430 g/mol. The fourth-order valence-corrected chi connectivity index (χ4v) is 3.47. The Balaban J connectivity index is 2.01. The summed E-state index contributed by atoms with van der Waals surface area (Å²) in [7, 11) is 0. The van der Waals surface area contributed by atoms with Gasteiger partial charge in [0.15, 0.2) is 0 Å². The van der Waals surface area contributed by atoms with Crippen LogP contribution in [0.1, 0.15) is 81.9 Å². The van der Waals surface area contributed by atoms with E-state index in [0.717, 1.165) is 30.8 Å². The second-order valence-electron chi connectivity index (χ2n) is 7.98. The zero-order chi connectivity index (χ0) is 22.5. The van der Waals surface area contributed by atoms with Gasteiger partial charge in [-0.2, -0.15) is 13.2 Å². The lowest BCUT2D eigenvalue weighted by Gasteiger charge is -2.25. The van der Waals surface area contributed by atoms with E-state index in [9.17, 15) is 13.2 Å². The Kier molecular flexibility index (Phi) is 10.5. The third-order valence-corrected chi connectivity index (χ3v) is 5.36. The SMILES string of the molecule is CCCCCCN(CCCCCC)c1ccc(C#Cc2ccc(C(F)(F)F)cc2)cc1. The lowest BCUT2D eigenvalue weighted by Crippen LogP contribution is -2.25. The van der Waals surface area contributed by atoms with Crippen molar-refractivity contribution in [1.29, 1.82) is 0 Å². The Morgan fingerprint density at radius 2 is 1.10 bits per heavy atom. The molecule has 0 unspecified atom stereocenters. The van der Waals surface area contributed by atoms with Gasteiger partial charge in [-0.25, -0.2) is 0 Å². The van der Waals surface area contributed by atoms with Gasteiger partial charge in [0.1, 0.15) is 0 Å². The summed E-state index contributed by atoms with van der Waals surface area (Å²) < 4.78 is 38.0. The molecule has 0 heterocycles. The molecule has 0 spiro atoms. The maximum atomic E-state index is 12.7. The predicted molar refractivity (Wildman–Crippen MR) is 124 cm³/mol. The van der Waals surface area contributed by atoms with Crippen molar-refractivity contribution in [2.45, 2.75) is 71.4 Å². The molecule has 0 atom stereocenters. The molecule has 0 aliphatic heterocycles. The Bertz CT molecular complexity index is 799. The molecule has 4 heteroatoms. The first-order valence-corrected chi connectivity index (χ1v) is 11.5. The molecular weight excluding hydrogens is 395 g/mol. The molecule has 2 rings (SSSR count). The van der Waals surface area contributed by atoms with Gasteiger partial charge >= 0.3 is 6.18 Å². The number of unbranched alkanes of at least 4 members (excludes halogenated alkanes) is 6. The van der Waals surface area contributed by atoms with Crippen LogP contribution in [0, 0.1) is 11.8 Å². The summed E-state index contributed by atoms with van der Waals surface area (Å²) in [6.07, 6.45) is 5.65. The number of halogens is 3. The summed E-state index contributed by atoms with van der Waals surface area (Å²) in [5.74, 6) is 6.01. The normalized spacial score (nSPS) is 11.1. The van der Waals surface area contributed by atoms with E-state index in [0.29, 0.717) is 5.56 Å². The number of hydrogen-bond donors (Lipinski definition) is 0. The van der Waals surface area contributed by atoms with Crippen LogP contribution < -0.4 is 4.90 Å². The molecule has 0 saturated heterocycles. The molecule has 1 nitrogen and oxygen atoms in total. The van der Waals surface area contributed by atoms with Gasteiger partial charge < -0.3 is 4.90 Å². The lowest BCUT2D eigenvalue weighted by molar-refractivity contribution is -0.137. The predicted octanol–water partition coefficient (Wildman–Crippen LogP) is 8.07. The van der Waals surface area contributed by atoms with Crippen molar-refractivity contribution < 1.29 is 13.2 Å². The van der Waals surface area contributed by atoms with Crippen molar-refractivity contribution in [2.24, 2.45) is 0 Å². The van der Waals surface area contributed by atoms with E-state index in [1.54, 1.807) is 0 Å². The summed E-state index contributed by atoms with van der Waals surface area (Å²) in [6, 6.07) is 13.2. The maximum Gasteiger partial charge on any atom is 0.416 e. The molecule has 0 saturated carbocycles. The molecule has 2 aromatic rings. The number of benzene rings is 2. The monoisotopic (exact) mass is 429 g/mol. The van der Waals surface area contributed by atoms with E-state index in [1.807, 2.05) is 12.1 Å². The Hall–Kier alpha value is -2.41. The van der Waals surface area contributed by atoms with Crippen molar-refractivity contribution in [1.82, 2.24) is 0 Å². The van der Waals surface area contributed by atoms with Gasteiger partial charge in [-0.05, 0) is 61.4 Å². The second kappa shape index (κ2) is 13.1. The number of anilines is 1. The van der Waals surface area contributed by atoms with E-state index in [-0.39, 0.29) is 0 Å². The first kappa shape index (κ1) is 24.9. The van der Waals surface area contributed by atoms with E-state index < -0.39 is 11.7 Å². The van der Waals surface area contributed by atoms with Crippen molar-refractivity contribution >= 4 is 5.69 Å². The molecule has 0 aliphatic carbocycles. The van der Waals surface area contributed by atoms with Gasteiger partial charge in [-0.1, -0.05) is 64.2 Å². The summed E-state index contributed by atoms with van der Waals surface area (Å²) in [4.78, 5) is 2.47. The molecule has 0 bridgehead atoms. The third kappa shape index (κ3) is 9.09. The highest BCUT2D eigenvalue weighted by molar-refractivity contribution is 5.52. The standard InChI is InChI=1S/C27H34F3N/c1-3-5-7-9-21-31(22-10-8-6-4-2)26-19-15-24(16-20-26)12-11-23-13-17-25(18-14-23)27(28,29)30/h13-20H,3-10,21-22H2,1-2H3. The van der Waals surface area contributed by atoms with E-state index in [4.69, 9.17) is 0 Å². The minimum absolute atomic E-state index is 0.575. The van der Waals surface area contributed by atoms with Crippen LogP contribution >= 0.6 is 0 Å². The second-order valence-corrected chi connectivity index (χ2v) is 7.98. The highest BCUT2D eigenvalue weighted by Crippen LogP contribution is 2.29. The molecule has 168 valence electrons. The van der Waals surface area contributed by atoms with Gasteiger partial charge in [0.05, 0.1) is 5.56 Å². The van der Waals surface area contributed by atoms with Crippen LogP contribution in [-0.2, 0) is 6.18 Å². The van der Waals surface area contributed by atoms with Crippen molar-refractivity contribution in [3.63, 3.8) is 0 Å². The summed E-state index contributed by atoms with van der Waals surface area (Å²) in [6.45, 7) is 6.60. The number of alkyl halides is 3. The number of rotatable bonds is 11. The summed E-state index contributed by atoms with van der Waals surface area (Å²) in [5, 5.41) is 0. The highest BCUT2D eigenvalue weighted by atomic mass is 19.4. The Labute approximate surface area is 185 Å². The molecule has 0 aromatic heterocycles. The highest BCUT2D eigenvalue weighted by Gasteiger charge is 2.29. The minimum atomic E-state index is -4.32. The van der Waals surface area contributed by atoms with Crippen LogP contribution in [0.4, 0.5) is 18.9 Å². The molecule has 0 amide bonds. The van der Waals surface area contributed by atoms with E-state index in [1.165, 1.54) is 69.2 Å². The molecule has 0 aliphatic rings. The van der Waals surface area contributed by atoms with Crippen molar-refractivity contribution in [3.8, 4) is 11.8 Å². The average Bonchev–Trinajstić information content (AvgIpc) is 2.77.